The third-order valence-electron chi connectivity index (χ3n) is 12.9. The average Bonchev–Trinajstić information content (AvgIpc) is 4.04. The first kappa shape index (κ1) is 36.8. The van der Waals surface area contributed by atoms with Crippen LogP contribution in [0.2, 0.25) is 0 Å². The van der Waals surface area contributed by atoms with Crippen molar-refractivity contribution in [2.75, 3.05) is 9.80 Å². The number of anilines is 6. The molecule has 0 aliphatic carbocycles. The number of fused-ring (bicyclic) bond motifs is 11. The molecule has 13 aromatic rings. The Morgan fingerprint density at radius 3 is 0.908 bits per heavy atom. The van der Waals surface area contributed by atoms with Gasteiger partial charge in [-0.1, -0.05) is 109 Å². The molecule has 5 nitrogen and oxygen atoms in total. The van der Waals surface area contributed by atoms with Gasteiger partial charge in [0.05, 0.1) is 32.8 Å². The van der Waals surface area contributed by atoms with E-state index in [0.29, 0.717) is 0 Å². The molecule has 0 unspecified atom stereocenters. The summed E-state index contributed by atoms with van der Waals surface area (Å²) in [7, 11) is 0. The number of hydrogen-bond acceptors (Lipinski definition) is 3. The van der Waals surface area contributed by atoms with Crippen LogP contribution in [0.1, 0.15) is 0 Å². The molecule has 0 saturated heterocycles. The lowest BCUT2D eigenvalue weighted by atomic mass is 10.1. The zero-order valence-corrected chi connectivity index (χ0v) is 35.3. The van der Waals surface area contributed by atoms with Gasteiger partial charge < -0.3 is 23.4 Å². The summed E-state index contributed by atoms with van der Waals surface area (Å²) in [6.45, 7) is 0. The fraction of sp³-hybridized carbons (Fsp3) is 0. The van der Waals surface area contributed by atoms with Crippen molar-refractivity contribution >= 4 is 99.7 Å². The predicted octanol–water partition coefficient (Wildman–Crippen LogP) is 16.7. The minimum Gasteiger partial charge on any atom is -0.455 e. The molecule has 0 spiro atoms. The Morgan fingerprint density at radius 1 is 0.246 bits per heavy atom. The fourth-order valence-corrected chi connectivity index (χ4v) is 10.1. The number of para-hydroxylation sites is 6. The summed E-state index contributed by atoms with van der Waals surface area (Å²) >= 11 is 0. The van der Waals surface area contributed by atoms with Gasteiger partial charge in [0, 0.05) is 67.0 Å². The van der Waals surface area contributed by atoms with Gasteiger partial charge in [0.25, 0.3) is 0 Å². The van der Waals surface area contributed by atoms with Crippen molar-refractivity contribution in [2.24, 2.45) is 0 Å². The van der Waals surface area contributed by atoms with E-state index in [1.54, 1.807) is 0 Å². The van der Waals surface area contributed by atoms with Crippen molar-refractivity contribution in [3.8, 4) is 11.4 Å². The van der Waals surface area contributed by atoms with E-state index in [4.69, 9.17) is 4.42 Å². The molecule has 5 heteroatoms. The number of furan rings is 1. The topological polar surface area (TPSA) is 29.5 Å². The summed E-state index contributed by atoms with van der Waals surface area (Å²) in [6, 6.07) is 86.4. The van der Waals surface area contributed by atoms with Gasteiger partial charge in [0.1, 0.15) is 11.2 Å². The van der Waals surface area contributed by atoms with Crippen molar-refractivity contribution in [1.82, 2.24) is 9.13 Å². The second-order valence-electron chi connectivity index (χ2n) is 16.5. The number of nitrogens with zero attached hydrogens (tertiary/aromatic N) is 4. The van der Waals surface area contributed by atoms with Crippen LogP contribution in [0.5, 0.6) is 0 Å². The molecule has 0 radical (unpaired) electrons. The van der Waals surface area contributed by atoms with E-state index in [9.17, 15) is 0 Å². The van der Waals surface area contributed by atoms with Crippen LogP contribution in [0.4, 0.5) is 34.1 Å². The summed E-state index contributed by atoms with van der Waals surface area (Å²) in [5.74, 6) is 0. The zero-order valence-electron chi connectivity index (χ0n) is 35.3. The number of benzene rings is 10. The van der Waals surface area contributed by atoms with Crippen molar-refractivity contribution in [3.63, 3.8) is 0 Å². The van der Waals surface area contributed by atoms with E-state index in [0.717, 1.165) is 111 Å². The molecular formula is C60H40N4O. The third-order valence-corrected chi connectivity index (χ3v) is 12.9. The van der Waals surface area contributed by atoms with E-state index in [1.165, 1.54) is 0 Å². The summed E-state index contributed by atoms with van der Waals surface area (Å²) < 4.78 is 12.0. The third kappa shape index (κ3) is 5.87. The minimum atomic E-state index is 0.902. The largest absolute Gasteiger partial charge is 0.455 e. The number of rotatable bonds is 8. The van der Waals surface area contributed by atoms with E-state index in [-0.39, 0.29) is 0 Å². The van der Waals surface area contributed by atoms with E-state index >= 15 is 0 Å². The van der Waals surface area contributed by atoms with Crippen LogP contribution in [0, 0.1) is 0 Å². The highest BCUT2D eigenvalue weighted by molar-refractivity contribution is 6.29. The molecule has 0 saturated carbocycles. The highest BCUT2D eigenvalue weighted by atomic mass is 16.3. The van der Waals surface area contributed by atoms with Gasteiger partial charge in [-0.3, -0.25) is 0 Å². The lowest BCUT2D eigenvalue weighted by molar-refractivity contribution is 0.677. The SMILES string of the molecule is c1ccc(N(c2ccccc2)c2ccc(-n3c4ccccc4c4c5oc6c(ccc7c6c6ccccc6n7-c6ccc(N(c7ccccc7)c7ccccc7)cc6)c5ccc43)cc2)cc1. The van der Waals surface area contributed by atoms with Crippen LogP contribution in [-0.2, 0) is 0 Å². The maximum Gasteiger partial charge on any atom is 0.145 e. The number of hydrogen-bond donors (Lipinski definition) is 0. The molecule has 0 N–H and O–H groups in total. The second-order valence-corrected chi connectivity index (χ2v) is 16.5. The first-order valence-corrected chi connectivity index (χ1v) is 22.1. The van der Waals surface area contributed by atoms with Crippen molar-refractivity contribution in [2.45, 2.75) is 0 Å². The van der Waals surface area contributed by atoms with Gasteiger partial charge in [0.15, 0.2) is 0 Å². The minimum absolute atomic E-state index is 0.902. The van der Waals surface area contributed by atoms with Gasteiger partial charge in [-0.05, 0) is 133 Å². The first-order valence-electron chi connectivity index (χ1n) is 22.1. The Kier molecular flexibility index (Phi) is 8.46. The summed E-state index contributed by atoms with van der Waals surface area (Å²) in [5, 5.41) is 6.76. The first-order chi connectivity index (χ1) is 32.3. The van der Waals surface area contributed by atoms with Crippen LogP contribution >= 0.6 is 0 Å². The molecule has 0 aliphatic rings. The molecule has 0 atom stereocenters. The summed E-state index contributed by atoms with van der Waals surface area (Å²) in [4.78, 5) is 4.59. The molecule has 3 aromatic heterocycles. The Morgan fingerprint density at radius 2 is 0.554 bits per heavy atom. The van der Waals surface area contributed by atoms with Gasteiger partial charge in [-0.2, -0.15) is 0 Å². The predicted molar refractivity (Wildman–Crippen MR) is 272 cm³/mol. The highest BCUT2D eigenvalue weighted by Gasteiger charge is 2.23. The average molecular weight is 833 g/mol. The molecule has 0 fully saturated rings. The molecule has 306 valence electrons. The molecular weight excluding hydrogens is 793 g/mol. The standard InChI is InChI=1S/C60H40N4O/c1-5-17-41(18-6-1)61(42-19-7-2-8-20-42)45-29-33-47(34-30-45)63-53-27-15-13-25-51(53)57-55(63)39-37-49-50-38-40-56-58(60(50)65-59(49)57)52-26-14-16-28-54(52)64(56)48-35-31-46(32-36-48)62(43-21-9-3-10-22-43)44-23-11-4-12-24-44/h1-40H. The lowest BCUT2D eigenvalue weighted by Crippen LogP contribution is -2.09. The van der Waals surface area contributed by atoms with Gasteiger partial charge >= 0.3 is 0 Å². The quantitative estimate of drug-likeness (QED) is 0.153. The van der Waals surface area contributed by atoms with Crippen molar-refractivity contribution in [1.29, 1.82) is 0 Å². The van der Waals surface area contributed by atoms with Crippen LogP contribution in [-0.4, -0.2) is 9.13 Å². The normalized spacial score (nSPS) is 11.7. The van der Waals surface area contributed by atoms with Gasteiger partial charge in [0.2, 0.25) is 0 Å². The van der Waals surface area contributed by atoms with Crippen LogP contribution in [0.25, 0.3) is 76.9 Å². The van der Waals surface area contributed by atoms with E-state index in [2.05, 4.69) is 262 Å². The Balaban J connectivity index is 0.958. The monoisotopic (exact) mass is 832 g/mol. The van der Waals surface area contributed by atoms with E-state index in [1.807, 2.05) is 0 Å². The Hall–Kier alpha value is -8.80. The molecule has 13 rings (SSSR count). The molecule has 10 aromatic carbocycles. The van der Waals surface area contributed by atoms with Gasteiger partial charge in [-0.25, -0.2) is 0 Å². The van der Waals surface area contributed by atoms with E-state index < -0.39 is 0 Å². The van der Waals surface area contributed by atoms with Crippen LogP contribution < -0.4 is 9.80 Å². The maximum atomic E-state index is 7.25. The maximum absolute atomic E-state index is 7.25. The van der Waals surface area contributed by atoms with Crippen LogP contribution in [0.3, 0.4) is 0 Å². The zero-order chi connectivity index (χ0) is 42.8. The number of aromatic nitrogens is 2. The molecule has 0 amide bonds. The van der Waals surface area contributed by atoms with Crippen molar-refractivity contribution in [3.05, 3.63) is 243 Å². The molecule has 0 bridgehead atoms. The Labute approximate surface area is 375 Å². The molecule has 65 heavy (non-hydrogen) atoms. The van der Waals surface area contributed by atoms with Crippen molar-refractivity contribution < 1.29 is 4.42 Å². The second kappa shape index (κ2) is 14.9. The smallest absolute Gasteiger partial charge is 0.145 e. The summed E-state index contributed by atoms with van der Waals surface area (Å²) in [5.41, 5.74) is 15.1. The van der Waals surface area contributed by atoms with Crippen LogP contribution in [0.15, 0.2) is 247 Å². The lowest BCUT2D eigenvalue weighted by Gasteiger charge is -2.25. The molecule has 0 aliphatic heterocycles. The summed E-state index contributed by atoms with van der Waals surface area (Å²) in [6.07, 6.45) is 0. The van der Waals surface area contributed by atoms with Gasteiger partial charge in [-0.15, -0.1) is 0 Å². The molecule has 3 heterocycles. The highest BCUT2D eigenvalue weighted by Crippen LogP contribution is 2.45. The Bertz CT molecular complexity index is 3520. The fourth-order valence-electron chi connectivity index (χ4n) is 10.1.